The van der Waals surface area contributed by atoms with E-state index in [2.05, 4.69) is 13.8 Å². The van der Waals surface area contributed by atoms with Gasteiger partial charge in [-0.2, -0.15) is 0 Å². The molecule has 3 fully saturated rings. The maximum atomic E-state index is 12.4. The van der Waals surface area contributed by atoms with Gasteiger partial charge in [-0.1, -0.05) is 13.8 Å². The van der Waals surface area contributed by atoms with Gasteiger partial charge in [0.1, 0.15) is 0 Å². The van der Waals surface area contributed by atoms with Gasteiger partial charge in [-0.25, -0.2) is 0 Å². The average molecular weight is 294 g/mol. The van der Waals surface area contributed by atoms with Crippen molar-refractivity contribution in [3.8, 4) is 0 Å². The van der Waals surface area contributed by atoms with E-state index in [1.54, 1.807) is 4.90 Å². The molecule has 2 atom stereocenters. The van der Waals surface area contributed by atoms with Gasteiger partial charge in [0.05, 0.1) is 17.9 Å². The number of hydrogen-bond donors (Lipinski definition) is 1. The molecule has 2 aliphatic heterocycles. The van der Waals surface area contributed by atoms with Gasteiger partial charge >= 0.3 is 0 Å². The summed E-state index contributed by atoms with van der Waals surface area (Å²) in [5, 5.41) is 10.1. The van der Waals surface area contributed by atoms with Crippen molar-refractivity contribution in [2.45, 2.75) is 45.1 Å². The number of aliphatic hydroxyl groups is 1. The number of carbonyl (C=O) groups excluding carboxylic acids is 2. The summed E-state index contributed by atoms with van der Waals surface area (Å²) >= 11 is 0. The van der Waals surface area contributed by atoms with E-state index in [1.807, 2.05) is 4.90 Å². The van der Waals surface area contributed by atoms with Gasteiger partial charge in [0.2, 0.25) is 11.8 Å². The van der Waals surface area contributed by atoms with Crippen molar-refractivity contribution >= 4 is 11.8 Å². The highest BCUT2D eigenvalue weighted by Crippen LogP contribution is 2.37. The summed E-state index contributed by atoms with van der Waals surface area (Å²) in [5.41, 5.74) is -0.761. The van der Waals surface area contributed by atoms with Gasteiger partial charge in [0.25, 0.3) is 0 Å². The Bertz CT molecular complexity index is 445. The van der Waals surface area contributed by atoms with E-state index >= 15 is 0 Å². The van der Waals surface area contributed by atoms with Crippen LogP contribution in [0.4, 0.5) is 0 Å². The second-order valence-corrected chi connectivity index (χ2v) is 7.56. The molecule has 3 rings (SSSR count). The van der Waals surface area contributed by atoms with E-state index in [1.165, 1.54) is 0 Å². The Morgan fingerprint density at radius 1 is 1.33 bits per heavy atom. The number of hydrogen-bond acceptors (Lipinski definition) is 3. The van der Waals surface area contributed by atoms with E-state index in [0.717, 1.165) is 32.4 Å². The fourth-order valence-electron chi connectivity index (χ4n) is 3.91. The van der Waals surface area contributed by atoms with Crippen LogP contribution in [0.2, 0.25) is 0 Å². The standard InChI is InChI=1S/C16H26N2O3/c1-11(2)7-18-9-12-8-17(10-13(12)15(18)20)14(19)6-16(21)4-3-5-16/h11-13,21H,3-10H2,1-2H3/t12-,13-/m0/s1. The first-order valence-corrected chi connectivity index (χ1v) is 8.17. The minimum absolute atomic E-state index is 0.0104. The van der Waals surface area contributed by atoms with Crippen molar-refractivity contribution < 1.29 is 14.7 Å². The summed E-state index contributed by atoms with van der Waals surface area (Å²) in [4.78, 5) is 28.4. The summed E-state index contributed by atoms with van der Waals surface area (Å²) in [5.74, 6) is 1.000. The predicted octanol–water partition coefficient (Wildman–Crippen LogP) is 0.864. The Kier molecular flexibility index (Phi) is 3.72. The second-order valence-electron chi connectivity index (χ2n) is 7.56. The largest absolute Gasteiger partial charge is 0.389 e. The lowest BCUT2D eigenvalue weighted by molar-refractivity contribution is -0.140. The van der Waals surface area contributed by atoms with Crippen molar-refractivity contribution in [2.24, 2.45) is 17.8 Å². The molecule has 2 amide bonds. The molecule has 1 N–H and O–H groups in total. The minimum Gasteiger partial charge on any atom is -0.389 e. The Hall–Kier alpha value is -1.10. The maximum absolute atomic E-state index is 12.4. The molecule has 2 saturated heterocycles. The third-order valence-electron chi connectivity index (χ3n) is 5.23. The molecule has 21 heavy (non-hydrogen) atoms. The van der Waals surface area contributed by atoms with Crippen LogP contribution < -0.4 is 0 Å². The topological polar surface area (TPSA) is 60.9 Å². The summed E-state index contributed by atoms with van der Waals surface area (Å²) in [6, 6.07) is 0. The molecule has 1 aliphatic carbocycles. The molecule has 0 spiro atoms. The number of fused-ring (bicyclic) bond motifs is 1. The van der Waals surface area contributed by atoms with Crippen molar-refractivity contribution in [2.75, 3.05) is 26.2 Å². The molecule has 0 bridgehead atoms. The zero-order chi connectivity index (χ0) is 15.2. The predicted molar refractivity (Wildman–Crippen MR) is 78.4 cm³/mol. The summed E-state index contributed by atoms with van der Waals surface area (Å²) < 4.78 is 0. The molecular weight excluding hydrogens is 268 g/mol. The number of amides is 2. The Morgan fingerprint density at radius 2 is 2.05 bits per heavy atom. The summed E-state index contributed by atoms with van der Waals surface area (Å²) in [6.07, 6.45) is 2.72. The number of rotatable bonds is 4. The molecule has 1 saturated carbocycles. The Balaban J connectivity index is 1.55. The zero-order valence-electron chi connectivity index (χ0n) is 13.0. The Labute approximate surface area is 126 Å². The zero-order valence-corrected chi connectivity index (χ0v) is 13.0. The van der Waals surface area contributed by atoms with Gasteiger partial charge < -0.3 is 14.9 Å². The average Bonchev–Trinajstić information content (AvgIpc) is 2.88. The third kappa shape index (κ3) is 2.80. The highest BCUT2D eigenvalue weighted by atomic mass is 16.3. The van der Waals surface area contributed by atoms with E-state index in [4.69, 9.17) is 0 Å². The number of carbonyl (C=O) groups is 2. The van der Waals surface area contributed by atoms with Crippen molar-refractivity contribution in [3.63, 3.8) is 0 Å². The van der Waals surface area contributed by atoms with Gasteiger partial charge in [0, 0.05) is 32.1 Å². The second kappa shape index (κ2) is 5.27. The molecule has 0 radical (unpaired) electrons. The Morgan fingerprint density at radius 3 is 2.57 bits per heavy atom. The van der Waals surface area contributed by atoms with E-state index in [0.29, 0.717) is 19.0 Å². The van der Waals surface area contributed by atoms with Crippen LogP contribution in [0.5, 0.6) is 0 Å². The van der Waals surface area contributed by atoms with E-state index in [-0.39, 0.29) is 30.1 Å². The molecule has 3 aliphatic rings. The fraction of sp³-hybridized carbons (Fsp3) is 0.875. The molecule has 2 heterocycles. The lowest BCUT2D eigenvalue weighted by atomic mass is 9.77. The first-order chi connectivity index (χ1) is 9.88. The summed E-state index contributed by atoms with van der Waals surface area (Å²) in [7, 11) is 0. The normalized spacial score (nSPS) is 30.8. The molecule has 0 aromatic heterocycles. The van der Waals surface area contributed by atoms with Crippen LogP contribution in [-0.4, -0.2) is 58.5 Å². The van der Waals surface area contributed by atoms with Crippen LogP contribution in [0.3, 0.4) is 0 Å². The first kappa shape index (κ1) is 14.8. The van der Waals surface area contributed by atoms with E-state index in [9.17, 15) is 14.7 Å². The van der Waals surface area contributed by atoms with Gasteiger partial charge in [-0.05, 0) is 25.2 Å². The molecule has 118 valence electrons. The van der Waals surface area contributed by atoms with Crippen LogP contribution in [-0.2, 0) is 9.59 Å². The molecular formula is C16H26N2O3. The highest BCUT2D eigenvalue weighted by Gasteiger charge is 2.48. The lowest BCUT2D eigenvalue weighted by Crippen LogP contribution is -2.44. The van der Waals surface area contributed by atoms with Crippen LogP contribution in [0.25, 0.3) is 0 Å². The smallest absolute Gasteiger partial charge is 0.227 e. The van der Waals surface area contributed by atoms with Gasteiger partial charge in [-0.15, -0.1) is 0 Å². The molecule has 0 aromatic rings. The van der Waals surface area contributed by atoms with Gasteiger partial charge in [-0.3, -0.25) is 9.59 Å². The monoisotopic (exact) mass is 294 g/mol. The maximum Gasteiger partial charge on any atom is 0.227 e. The highest BCUT2D eigenvalue weighted by molar-refractivity contribution is 5.84. The van der Waals surface area contributed by atoms with Crippen molar-refractivity contribution in [1.29, 1.82) is 0 Å². The first-order valence-electron chi connectivity index (χ1n) is 8.17. The van der Waals surface area contributed by atoms with Crippen LogP contribution in [0.1, 0.15) is 39.5 Å². The van der Waals surface area contributed by atoms with Gasteiger partial charge in [0.15, 0.2) is 0 Å². The van der Waals surface area contributed by atoms with E-state index < -0.39 is 5.60 Å². The SMILES string of the molecule is CC(C)CN1C[C@@H]2CN(C(=O)CC3(O)CCC3)C[C@@H]2C1=O. The third-order valence-corrected chi connectivity index (χ3v) is 5.23. The van der Waals surface area contributed by atoms with Crippen LogP contribution in [0.15, 0.2) is 0 Å². The van der Waals surface area contributed by atoms with Crippen molar-refractivity contribution in [1.82, 2.24) is 9.80 Å². The van der Waals surface area contributed by atoms with Crippen LogP contribution in [0, 0.1) is 17.8 Å². The quantitative estimate of drug-likeness (QED) is 0.837. The molecule has 5 heteroatoms. The molecule has 0 unspecified atom stereocenters. The lowest BCUT2D eigenvalue weighted by Gasteiger charge is -2.37. The van der Waals surface area contributed by atoms with Crippen LogP contribution >= 0.6 is 0 Å². The number of likely N-dealkylation sites (tertiary alicyclic amines) is 2. The minimum atomic E-state index is -0.761. The molecule has 0 aromatic carbocycles. The summed E-state index contributed by atoms with van der Waals surface area (Å²) in [6.45, 7) is 7.08. The molecule has 5 nitrogen and oxygen atoms in total. The fourth-order valence-corrected chi connectivity index (χ4v) is 3.91. The number of nitrogens with zero attached hydrogens (tertiary/aromatic N) is 2. The van der Waals surface area contributed by atoms with Crippen molar-refractivity contribution in [3.05, 3.63) is 0 Å².